The standard InChI is InChI=1S/C13H13ClN2O3/c1-7(2)16-12(18)10(11(17)15-13(16)19)8-3-5-9(14)6-4-8/h3-7,18H,1-2H3,(H,15,17,19). The molecule has 0 aliphatic rings. The van der Waals surface area contributed by atoms with Gasteiger partial charge in [0.25, 0.3) is 5.56 Å². The van der Waals surface area contributed by atoms with E-state index >= 15 is 0 Å². The number of aromatic nitrogens is 2. The molecule has 1 aromatic heterocycles. The zero-order chi connectivity index (χ0) is 14.2. The number of hydrogen-bond donors (Lipinski definition) is 2. The van der Waals surface area contributed by atoms with E-state index in [0.717, 1.165) is 4.57 Å². The van der Waals surface area contributed by atoms with Crippen LogP contribution in [0.3, 0.4) is 0 Å². The number of benzene rings is 1. The second-order valence-corrected chi connectivity index (χ2v) is 4.86. The van der Waals surface area contributed by atoms with Crippen molar-refractivity contribution in [3.63, 3.8) is 0 Å². The number of hydrogen-bond acceptors (Lipinski definition) is 3. The van der Waals surface area contributed by atoms with E-state index in [9.17, 15) is 14.7 Å². The summed E-state index contributed by atoms with van der Waals surface area (Å²) >= 11 is 5.78. The van der Waals surface area contributed by atoms with E-state index in [1.165, 1.54) is 0 Å². The van der Waals surface area contributed by atoms with Crippen LogP contribution in [0.15, 0.2) is 33.9 Å². The SMILES string of the molecule is CC(C)n1c(O)c(-c2ccc(Cl)cc2)c(=O)[nH]c1=O. The van der Waals surface area contributed by atoms with E-state index in [0.29, 0.717) is 10.6 Å². The summed E-state index contributed by atoms with van der Waals surface area (Å²) in [5, 5.41) is 10.7. The molecule has 1 heterocycles. The van der Waals surface area contributed by atoms with Gasteiger partial charge in [-0.3, -0.25) is 14.3 Å². The van der Waals surface area contributed by atoms with Crippen LogP contribution in [0.4, 0.5) is 0 Å². The quantitative estimate of drug-likeness (QED) is 0.885. The van der Waals surface area contributed by atoms with Crippen molar-refractivity contribution >= 4 is 11.6 Å². The second-order valence-electron chi connectivity index (χ2n) is 4.43. The molecule has 0 spiro atoms. The Kier molecular flexibility index (Phi) is 3.48. The third kappa shape index (κ3) is 2.42. The highest BCUT2D eigenvalue weighted by Crippen LogP contribution is 2.26. The monoisotopic (exact) mass is 280 g/mol. The Morgan fingerprint density at radius 3 is 2.32 bits per heavy atom. The van der Waals surface area contributed by atoms with E-state index in [2.05, 4.69) is 4.98 Å². The summed E-state index contributed by atoms with van der Waals surface area (Å²) < 4.78 is 1.13. The van der Waals surface area contributed by atoms with Gasteiger partial charge in [0.1, 0.15) is 5.56 Å². The Morgan fingerprint density at radius 2 is 1.79 bits per heavy atom. The lowest BCUT2D eigenvalue weighted by molar-refractivity contribution is 0.384. The molecule has 0 atom stereocenters. The average molecular weight is 281 g/mol. The summed E-state index contributed by atoms with van der Waals surface area (Å²) in [7, 11) is 0. The van der Waals surface area contributed by atoms with Gasteiger partial charge in [-0.1, -0.05) is 23.7 Å². The normalized spacial score (nSPS) is 10.9. The van der Waals surface area contributed by atoms with Crippen LogP contribution >= 0.6 is 11.6 Å². The minimum Gasteiger partial charge on any atom is -0.494 e. The highest BCUT2D eigenvalue weighted by molar-refractivity contribution is 6.30. The molecule has 19 heavy (non-hydrogen) atoms. The molecular weight excluding hydrogens is 268 g/mol. The molecule has 2 N–H and O–H groups in total. The van der Waals surface area contributed by atoms with Gasteiger partial charge in [0.15, 0.2) is 0 Å². The average Bonchev–Trinajstić information content (AvgIpc) is 2.30. The topological polar surface area (TPSA) is 75.1 Å². The number of aromatic amines is 1. The lowest BCUT2D eigenvalue weighted by Gasteiger charge is -2.14. The predicted molar refractivity (Wildman–Crippen MR) is 73.8 cm³/mol. The third-order valence-electron chi connectivity index (χ3n) is 2.77. The maximum atomic E-state index is 11.9. The van der Waals surface area contributed by atoms with Gasteiger partial charge in [-0.05, 0) is 31.5 Å². The summed E-state index contributed by atoms with van der Waals surface area (Å²) in [6, 6.07) is 6.18. The van der Waals surface area contributed by atoms with Gasteiger partial charge in [-0.15, -0.1) is 0 Å². The zero-order valence-corrected chi connectivity index (χ0v) is 11.2. The highest BCUT2D eigenvalue weighted by atomic mass is 35.5. The molecule has 0 saturated carbocycles. The van der Waals surface area contributed by atoms with Gasteiger partial charge in [0, 0.05) is 11.1 Å². The molecule has 0 radical (unpaired) electrons. The Balaban J connectivity index is 2.77. The number of nitrogens with one attached hydrogen (secondary N) is 1. The van der Waals surface area contributed by atoms with Crippen molar-refractivity contribution in [2.75, 3.05) is 0 Å². The van der Waals surface area contributed by atoms with Gasteiger partial charge in [0.2, 0.25) is 5.88 Å². The fraction of sp³-hybridized carbons (Fsp3) is 0.231. The number of nitrogens with zero attached hydrogens (tertiary/aromatic N) is 1. The summed E-state index contributed by atoms with van der Waals surface area (Å²) in [6.07, 6.45) is 0. The minimum absolute atomic E-state index is 0.0602. The first-order valence-corrected chi connectivity index (χ1v) is 6.13. The van der Waals surface area contributed by atoms with Crippen molar-refractivity contribution in [2.45, 2.75) is 19.9 Å². The predicted octanol–water partition coefficient (Wildman–Crippen LogP) is 2.14. The smallest absolute Gasteiger partial charge is 0.331 e. The molecule has 5 nitrogen and oxygen atoms in total. The first-order chi connectivity index (χ1) is 8.91. The zero-order valence-electron chi connectivity index (χ0n) is 10.5. The molecular formula is C13H13ClN2O3. The maximum absolute atomic E-state index is 11.9. The Hall–Kier alpha value is -2.01. The molecule has 2 rings (SSSR count). The number of halogens is 1. The molecule has 2 aromatic rings. The van der Waals surface area contributed by atoms with Crippen LogP contribution in [0.25, 0.3) is 11.1 Å². The first kappa shape index (κ1) is 13.4. The van der Waals surface area contributed by atoms with Gasteiger partial charge >= 0.3 is 5.69 Å². The molecule has 0 amide bonds. The summed E-state index contributed by atoms with van der Waals surface area (Å²) in [4.78, 5) is 25.7. The molecule has 0 fully saturated rings. The summed E-state index contributed by atoms with van der Waals surface area (Å²) in [5.41, 5.74) is -0.695. The van der Waals surface area contributed by atoms with Gasteiger partial charge in [-0.25, -0.2) is 4.79 Å². The molecule has 0 aliphatic carbocycles. The van der Waals surface area contributed by atoms with Crippen molar-refractivity contribution in [1.82, 2.24) is 9.55 Å². The Bertz CT molecular complexity index is 714. The van der Waals surface area contributed by atoms with Crippen LogP contribution in [0.5, 0.6) is 5.88 Å². The molecule has 0 bridgehead atoms. The van der Waals surface area contributed by atoms with E-state index < -0.39 is 11.2 Å². The summed E-state index contributed by atoms with van der Waals surface area (Å²) in [5.74, 6) is -0.342. The second kappa shape index (κ2) is 4.93. The van der Waals surface area contributed by atoms with Crippen molar-refractivity contribution < 1.29 is 5.11 Å². The van der Waals surface area contributed by atoms with Gasteiger partial charge in [-0.2, -0.15) is 0 Å². The van der Waals surface area contributed by atoms with E-state index in [4.69, 9.17) is 11.6 Å². The number of rotatable bonds is 2. The maximum Gasteiger partial charge on any atom is 0.331 e. The van der Waals surface area contributed by atoms with Crippen LogP contribution in [0.1, 0.15) is 19.9 Å². The van der Waals surface area contributed by atoms with Gasteiger partial charge in [0.05, 0.1) is 0 Å². The van der Waals surface area contributed by atoms with Crippen molar-refractivity contribution in [1.29, 1.82) is 0 Å². The molecule has 6 heteroatoms. The van der Waals surface area contributed by atoms with Crippen LogP contribution in [0.2, 0.25) is 5.02 Å². The Labute approximate surface area is 114 Å². The Morgan fingerprint density at radius 1 is 1.21 bits per heavy atom. The molecule has 0 aliphatic heterocycles. The van der Waals surface area contributed by atoms with Crippen molar-refractivity contribution in [2.24, 2.45) is 0 Å². The minimum atomic E-state index is -0.629. The number of H-pyrrole nitrogens is 1. The van der Waals surface area contributed by atoms with Crippen LogP contribution < -0.4 is 11.2 Å². The van der Waals surface area contributed by atoms with E-state index in [1.807, 2.05) is 0 Å². The first-order valence-electron chi connectivity index (χ1n) is 5.75. The van der Waals surface area contributed by atoms with E-state index in [-0.39, 0.29) is 17.5 Å². The largest absolute Gasteiger partial charge is 0.494 e. The van der Waals surface area contributed by atoms with E-state index in [1.54, 1.807) is 38.1 Å². The molecule has 0 saturated heterocycles. The van der Waals surface area contributed by atoms with Gasteiger partial charge < -0.3 is 5.11 Å². The fourth-order valence-electron chi connectivity index (χ4n) is 1.89. The fourth-order valence-corrected chi connectivity index (χ4v) is 2.02. The van der Waals surface area contributed by atoms with Crippen LogP contribution in [-0.4, -0.2) is 14.7 Å². The highest BCUT2D eigenvalue weighted by Gasteiger charge is 2.17. The summed E-state index contributed by atoms with van der Waals surface area (Å²) in [6.45, 7) is 3.48. The van der Waals surface area contributed by atoms with Crippen LogP contribution in [0, 0.1) is 0 Å². The lowest BCUT2D eigenvalue weighted by Crippen LogP contribution is -2.31. The van der Waals surface area contributed by atoms with Crippen molar-refractivity contribution in [3.8, 4) is 17.0 Å². The third-order valence-corrected chi connectivity index (χ3v) is 3.02. The lowest BCUT2D eigenvalue weighted by atomic mass is 10.1. The number of aromatic hydroxyl groups is 1. The van der Waals surface area contributed by atoms with Crippen molar-refractivity contribution in [3.05, 3.63) is 50.1 Å². The van der Waals surface area contributed by atoms with Crippen LogP contribution in [-0.2, 0) is 0 Å². The molecule has 1 aromatic carbocycles. The molecule has 100 valence electrons. The molecule has 0 unspecified atom stereocenters.